The van der Waals surface area contributed by atoms with Gasteiger partial charge in [-0.2, -0.15) is 0 Å². The van der Waals surface area contributed by atoms with Crippen LogP contribution in [-0.4, -0.2) is 48.7 Å². The minimum absolute atomic E-state index is 0.226. The zero-order chi connectivity index (χ0) is 18.5. The fourth-order valence-electron chi connectivity index (χ4n) is 3.43. The maximum Gasteiger partial charge on any atom is 0.304 e. The summed E-state index contributed by atoms with van der Waals surface area (Å²) >= 11 is 0. The van der Waals surface area contributed by atoms with Crippen molar-refractivity contribution in [3.05, 3.63) is 54.1 Å². The van der Waals surface area contributed by atoms with Crippen molar-refractivity contribution < 1.29 is 9.90 Å². The number of carbonyl (C=O) groups is 1. The number of aliphatic carboxylic acids is 1. The SMILES string of the molecule is CC(C)c1cccc(-c2ccc(N3CCN(CCC(=O)O)CC3)cc2)c1. The molecular weight excluding hydrogens is 324 g/mol. The molecule has 0 aliphatic carbocycles. The highest BCUT2D eigenvalue weighted by Crippen LogP contribution is 2.26. The summed E-state index contributed by atoms with van der Waals surface area (Å²) in [7, 11) is 0. The number of benzene rings is 2. The van der Waals surface area contributed by atoms with Crippen molar-refractivity contribution in [2.75, 3.05) is 37.6 Å². The predicted molar refractivity (Wildman–Crippen MR) is 107 cm³/mol. The van der Waals surface area contributed by atoms with Crippen LogP contribution in [0.15, 0.2) is 48.5 Å². The molecule has 138 valence electrons. The van der Waals surface area contributed by atoms with E-state index in [1.807, 2.05) is 0 Å². The van der Waals surface area contributed by atoms with Crippen molar-refractivity contribution in [2.24, 2.45) is 0 Å². The van der Waals surface area contributed by atoms with E-state index >= 15 is 0 Å². The number of anilines is 1. The summed E-state index contributed by atoms with van der Waals surface area (Å²) in [6, 6.07) is 17.6. The van der Waals surface area contributed by atoms with Crippen LogP contribution in [0, 0.1) is 0 Å². The number of nitrogens with zero attached hydrogens (tertiary/aromatic N) is 2. The Morgan fingerprint density at radius 3 is 2.31 bits per heavy atom. The van der Waals surface area contributed by atoms with E-state index in [0.29, 0.717) is 12.5 Å². The van der Waals surface area contributed by atoms with Crippen LogP contribution >= 0.6 is 0 Å². The van der Waals surface area contributed by atoms with Gasteiger partial charge in [0, 0.05) is 38.4 Å². The van der Waals surface area contributed by atoms with Crippen LogP contribution < -0.4 is 4.90 Å². The van der Waals surface area contributed by atoms with Crippen LogP contribution in [0.3, 0.4) is 0 Å². The average molecular weight is 352 g/mol. The second-order valence-corrected chi connectivity index (χ2v) is 7.30. The highest BCUT2D eigenvalue weighted by molar-refractivity contribution is 5.67. The van der Waals surface area contributed by atoms with Gasteiger partial charge in [0.2, 0.25) is 0 Å². The summed E-state index contributed by atoms with van der Waals surface area (Å²) in [6.45, 7) is 8.82. The van der Waals surface area contributed by atoms with E-state index in [1.54, 1.807) is 0 Å². The molecule has 0 bridgehead atoms. The smallest absolute Gasteiger partial charge is 0.304 e. The first-order chi connectivity index (χ1) is 12.5. The lowest BCUT2D eigenvalue weighted by molar-refractivity contribution is -0.137. The standard InChI is InChI=1S/C22H28N2O2/c1-17(2)19-4-3-5-20(16-19)18-6-8-21(9-7-18)24-14-12-23(13-15-24)11-10-22(25)26/h3-9,16-17H,10-15H2,1-2H3,(H,25,26). The van der Waals surface area contributed by atoms with Gasteiger partial charge in [-0.25, -0.2) is 0 Å². The van der Waals surface area contributed by atoms with Crippen LogP contribution in [0.1, 0.15) is 31.7 Å². The Hall–Kier alpha value is -2.33. The zero-order valence-corrected chi connectivity index (χ0v) is 15.7. The second kappa shape index (κ2) is 8.37. The summed E-state index contributed by atoms with van der Waals surface area (Å²) < 4.78 is 0. The molecule has 2 aromatic carbocycles. The van der Waals surface area contributed by atoms with E-state index in [1.165, 1.54) is 22.4 Å². The first kappa shape index (κ1) is 18.5. The Bertz CT molecular complexity index is 732. The lowest BCUT2D eigenvalue weighted by Gasteiger charge is -2.36. The van der Waals surface area contributed by atoms with E-state index in [-0.39, 0.29) is 6.42 Å². The van der Waals surface area contributed by atoms with Crippen molar-refractivity contribution in [1.82, 2.24) is 4.90 Å². The summed E-state index contributed by atoms with van der Waals surface area (Å²) in [5.74, 6) is -0.184. The fraction of sp³-hybridized carbons (Fsp3) is 0.409. The van der Waals surface area contributed by atoms with Gasteiger partial charge >= 0.3 is 5.97 Å². The largest absolute Gasteiger partial charge is 0.481 e. The maximum absolute atomic E-state index is 10.7. The molecule has 1 aliphatic heterocycles. The second-order valence-electron chi connectivity index (χ2n) is 7.30. The van der Waals surface area contributed by atoms with Gasteiger partial charge in [0.05, 0.1) is 6.42 Å². The summed E-state index contributed by atoms with van der Waals surface area (Å²) in [5, 5.41) is 8.80. The zero-order valence-electron chi connectivity index (χ0n) is 15.7. The quantitative estimate of drug-likeness (QED) is 0.851. The van der Waals surface area contributed by atoms with Gasteiger partial charge in [-0.3, -0.25) is 9.69 Å². The highest BCUT2D eigenvalue weighted by atomic mass is 16.4. The number of hydrogen-bond donors (Lipinski definition) is 1. The van der Waals surface area contributed by atoms with Gasteiger partial charge in [-0.05, 0) is 34.7 Å². The number of carboxylic acids is 1. The fourth-order valence-corrected chi connectivity index (χ4v) is 3.43. The Labute approximate surface area is 156 Å². The van der Waals surface area contributed by atoms with Gasteiger partial charge in [-0.15, -0.1) is 0 Å². The molecule has 0 unspecified atom stereocenters. The molecule has 26 heavy (non-hydrogen) atoms. The third-order valence-electron chi connectivity index (χ3n) is 5.13. The summed E-state index contributed by atoms with van der Waals surface area (Å²) in [6.07, 6.45) is 0.226. The van der Waals surface area contributed by atoms with E-state index in [0.717, 1.165) is 26.2 Å². The molecule has 1 heterocycles. The molecular formula is C22H28N2O2. The molecule has 3 rings (SSSR count). The molecule has 2 aromatic rings. The third-order valence-corrected chi connectivity index (χ3v) is 5.13. The maximum atomic E-state index is 10.7. The van der Waals surface area contributed by atoms with Crippen LogP contribution in [0.5, 0.6) is 0 Å². The van der Waals surface area contributed by atoms with Gasteiger partial charge in [0.25, 0.3) is 0 Å². The lowest BCUT2D eigenvalue weighted by Crippen LogP contribution is -2.46. The Balaban J connectivity index is 1.62. The number of carboxylic acid groups (broad SMARTS) is 1. The van der Waals surface area contributed by atoms with Crippen molar-refractivity contribution in [2.45, 2.75) is 26.2 Å². The normalized spacial score (nSPS) is 15.4. The topological polar surface area (TPSA) is 43.8 Å². The lowest BCUT2D eigenvalue weighted by atomic mass is 9.97. The molecule has 0 saturated carbocycles. The molecule has 1 fully saturated rings. The van der Waals surface area contributed by atoms with Crippen LogP contribution in [-0.2, 0) is 4.79 Å². The molecule has 1 aliphatic rings. The van der Waals surface area contributed by atoms with Crippen molar-refractivity contribution >= 4 is 11.7 Å². The predicted octanol–water partition coefficient (Wildman–Crippen LogP) is 4.07. The van der Waals surface area contributed by atoms with Crippen molar-refractivity contribution in [3.8, 4) is 11.1 Å². The molecule has 0 radical (unpaired) electrons. The van der Waals surface area contributed by atoms with E-state index in [9.17, 15) is 4.79 Å². The molecule has 1 N–H and O–H groups in total. The Kier molecular flexibility index (Phi) is 5.94. The van der Waals surface area contributed by atoms with Crippen LogP contribution in [0.2, 0.25) is 0 Å². The van der Waals surface area contributed by atoms with Crippen molar-refractivity contribution in [1.29, 1.82) is 0 Å². The minimum Gasteiger partial charge on any atom is -0.481 e. The highest BCUT2D eigenvalue weighted by Gasteiger charge is 2.17. The van der Waals surface area contributed by atoms with E-state index in [4.69, 9.17) is 5.11 Å². The van der Waals surface area contributed by atoms with Gasteiger partial charge in [0.15, 0.2) is 0 Å². The number of hydrogen-bond acceptors (Lipinski definition) is 3. The molecule has 0 spiro atoms. The first-order valence-electron chi connectivity index (χ1n) is 9.42. The minimum atomic E-state index is -0.718. The van der Waals surface area contributed by atoms with Crippen LogP contribution in [0.25, 0.3) is 11.1 Å². The molecule has 4 nitrogen and oxygen atoms in total. The number of piperazine rings is 1. The van der Waals surface area contributed by atoms with Gasteiger partial charge in [0.1, 0.15) is 0 Å². The summed E-state index contributed by atoms with van der Waals surface area (Å²) in [4.78, 5) is 15.3. The Morgan fingerprint density at radius 2 is 1.69 bits per heavy atom. The third kappa shape index (κ3) is 4.64. The molecule has 0 aromatic heterocycles. The Morgan fingerprint density at radius 1 is 1.00 bits per heavy atom. The summed E-state index contributed by atoms with van der Waals surface area (Å²) in [5.41, 5.74) is 5.12. The van der Waals surface area contributed by atoms with Gasteiger partial charge in [-0.1, -0.05) is 50.2 Å². The molecule has 1 saturated heterocycles. The molecule has 4 heteroatoms. The average Bonchev–Trinajstić information content (AvgIpc) is 2.67. The van der Waals surface area contributed by atoms with Gasteiger partial charge < -0.3 is 10.0 Å². The molecule has 0 amide bonds. The van der Waals surface area contributed by atoms with E-state index in [2.05, 4.69) is 72.2 Å². The number of rotatable bonds is 6. The monoisotopic (exact) mass is 352 g/mol. The van der Waals surface area contributed by atoms with E-state index < -0.39 is 5.97 Å². The van der Waals surface area contributed by atoms with Crippen LogP contribution in [0.4, 0.5) is 5.69 Å². The van der Waals surface area contributed by atoms with Crippen molar-refractivity contribution in [3.63, 3.8) is 0 Å². The molecule has 0 atom stereocenters. The first-order valence-corrected chi connectivity index (χ1v) is 9.42.